The second kappa shape index (κ2) is 3.76. The van der Waals surface area contributed by atoms with Gasteiger partial charge in [-0.3, -0.25) is 0 Å². The van der Waals surface area contributed by atoms with E-state index in [9.17, 15) is 9.50 Å². The molecule has 0 unspecified atom stereocenters. The van der Waals surface area contributed by atoms with E-state index in [4.69, 9.17) is 5.73 Å². The molecule has 0 aromatic heterocycles. The van der Waals surface area contributed by atoms with Crippen LogP contribution in [0.3, 0.4) is 0 Å². The van der Waals surface area contributed by atoms with E-state index in [1.165, 1.54) is 6.07 Å². The van der Waals surface area contributed by atoms with Crippen molar-refractivity contribution < 1.29 is 9.50 Å². The van der Waals surface area contributed by atoms with Crippen LogP contribution in [-0.2, 0) is 5.41 Å². The minimum absolute atomic E-state index is 0.0724. The Hall–Kier alpha value is -0.610. The van der Waals surface area contributed by atoms with Gasteiger partial charge in [-0.2, -0.15) is 0 Å². The Labute approximate surface area is 96.4 Å². The van der Waals surface area contributed by atoms with E-state index < -0.39 is 5.82 Å². The molecule has 2 rings (SSSR count). The second-order valence-corrected chi connectivity index (χ2v) is 4.98. The van der Waals surface area contributed by atoms with Gasteiger partial charge < -0.3 is 10.8 Å². The average Bonchev–Trinajstić information content (AvgIpc) is 2.13. The van der Waals surface area contributed by atoms with Crippen molar-refractivity contribution in [1.82, 2.24) is 0 Å². The average molecular weight is 274 g/mol. The molecule has 1 fully saturated rings. The van der Waals surface area contributed by atoms with Gasteiger partial charge in [0.25, 0.3) is 0 Å². The van der Waals surface area contributed by atoms with Gasteiger partial charge in [0.1, 0.15) is 0 Å². The first kappa shape index (κ1) is 10.9. The van der Waals surface area contributed by atoms with Crippen molar-refractivity contribution in [3.8, 4) is 5.75 Å². The number of hydrogen-bond acceptors (Lipinski definition) is 2. The Morgan fingerprint density at radius 1 is 1.47 bits per heavy atom. The molecule has 0 aliphatic heterocycles. The highest BCUT2D eigenvalue weighted by atomic mass is 79.9. The molecule has 0 amide bonds. The lowest BCUT2D eigenvalue weighted by Crippen LogP contribution is -2.41. The van der Waals surface area contributed by atoms with E-state index >= 15 is 0 Å². The van der Waals surface area contributed by atoms with Crippen LogP contribution in [0.4, 0.5) is 4.39 Å². The van der Waals surface area contributed by atoms with E-state index in [0.29, 0.717) is 11.0 Å². The molecule has 1 aliphatic rings. The highest BCUT2D eigenvalue weighted by molar-refractivity contribution is 9.10. The van der Waals surface area contributed by atoms with Crippen molar-refractivity contribution in [2.75, 3.05) is 6.54 Å². The SMILES string of the molecule is NCC1(c2cc(F)c(O)c(Br)c2)CCC1. The Bertz CT molecular complexity index is 362. The number of phenols is 1. The molecule has 0 atom stereocenters. The van der Waals surface area contributed by atoms with Gasteiger partial charge in [0.15, 0.2) is 11.6 Å². The van der Waals surface area contributed by atoms with E-state index in [2.05, 4.69) is 15.9 Å². The van der Waals surface area contributed by atoms with Crippen LogP contribution in [0, 0.1) is 5.82 Å². The van der Waals surface area contributed by atoms with Gasteiger partial charge in [-0.05, 0) is 46.5 Å². The largest absolute Gasteiger partial charge is 0.504 e. The zero-order valence-corrected chi connectivity index (χ0v) is 9.85. The summed E-state index contributed by atoms with van der Waals surface area (Å²) < 4.78 is 13.7. The van der Waals surface area contributed by atoms with Crippen LogP contribution >= 0.6 is 15.9 Å². The molecular formula is C11H13BrFNO. The van der Waals surface area contributed by atoms with Gasteiger partial charge in [0.2, 0.25) is 0 Å². The number of phenolic OH excluding ortho intramolecular Hbond substituents is 1. The first-order valence-electron chi connectivity index (χ1n) is 4.98. The molecule has 1 aromatic rings. The second-order valence-electron chi connectivity index (χ2n) is 4.13. The highest BCUT2D eigenvalue weighted by Gasteiger charge is 2.38. The predicted octanol–water partition coefficient (Wildman–Crippen LogP) is 2.67. The highest BCUT2D eigenvalue weighted by Crippen LogP contribution is 2.45. The van der Waals surface area contributed by atoms with Gasteiger partial charge >= 0.3 is 0 Å². The minimum Gasteiger partial charge on any atom is -0.504 e. The molecule has 82 valence electrons. The van der Waals surface area contributed by atoms with Crippen LogP contribution in [-0.4, -0.2) is 11.7 Å². The van der Waals surface area contributed by atoms with Crippen molar-refractivity contribution in [2.45, 2.75) is 24.7 Å². The Morgan fingerprint density at radius 2 is 2.13 bits per heavy atom. The predicted molar refractivity (Wildman–Crippen MR) is 60.3 cm³/mol. The Kier molecular flexibility index (Phi) is 2.73. The third-order valence-electron chi connectivity index (χ3n) is 3.33. The quantitative estimate of drug-likeness (QED) is 0.871. The monoisotopic (exact) mass is 273 g/mol. The summed E-state index contributed by atoms with van der Waals surface area (Å²) in [6, 6.07) is 3.16. The molecule has 0 bridgehead atoms. The summed E-state index contributed by atoms with van der Waals surface area (Å²) in [6.07, 6.45) is 3.14. The van der Waals surface area contributed by atoms with Gasteiger partial charge in [0.05, 0.1) is 4.47 Å². The maximum absolute atomic E-state index is 13.3. The summed E-state index contributed by atoms with van der Waals surface area (Å²) in [5.74, 6) is -0.913. The number of hydrogen-bond donors (Lipinski definition) is 2. The van der Waals surface area contributed by atoms with Crippen molar-refractivity contribution >= 4 is 15.9 Å². The van der Waals surface area contributed by atoms with Gasteiger partial charge in [0, 0.05) is 12.0 Å². The first-order chi connectivity index (χ1) is 7.09. The number of benzene rings is 1. The van der Waals surface area contributed by atoms with Crippen LogP contribution < -0.4 is 5.73 Å². The van der Waals surface area contributed by atoms with Crippen LogP contribution in [0.25, 0.3) is 0 Å². The third kappa shape index (κ3) is 1.66. The van der Waals surface area contributed by atoms with E-state index in [1.807, 2.05) is 0 Å². The lowest BCUT2D eigenvalue weighted by atomic mass is 9.64. The van der Waals surface area contributed by atoms with Crippen molar-refractivity contribution in [3.05, 3.63) is 28.0 Å². The van der Waals surface area contributed by atoms with Crippen LogP contribution in [0.1, 0.15) is 24.8 Å². The summed E-state index contributed by atoms with van der Waals surface area (Å²) in [7, 11) is 0. The lowest BCUT2D eigenvalue weighted by Gasteiger charge is -2.41. The molecule has 3 N–H and O–H groups in total. The van der Waals surface area contributed by atoms with Crippen molar-refractivity contribution in [2.24, 2.45) is 5.73 Å². The molecule has 0 radical (unpaired) electrons. The number of nitrogens with two attached hydrogens (primary N) is 1. The van der Waals surface area contributed by atoms with Crippen LogP contribution in [0.15, 0.2) is 16.6 Å². The smallest absolute Gasteiger partial charge is 0.166 e. The molecule has 0 spiro atoms. The number of aromatic hydroxyl groups is 1. The fraction of sp³-hybridized carbons (Fsp3) is 0.455. The van der Waals surface area contributed by atoms with Crippen LogP contribution in [0.5, 0.6) is 5.75 Å². The molecule has 2 nitrogen and oxygen atoms in total. The zero-order chi connectivity index (χ0) is 11.1. The number of halogens is 2. The molecule has 1 aliphatic carbocycles. The molecule has 1 aromatic carbocycles. The summed E-state index contributed by atoms with van der Waals surface area (Å²) >= 11 is 3.14. The van der Waals surface area contributed by atoms with Crippen molar-refractivity contribution in [3.63, 3.8) is 0 Å². The van der Waals surface area contributed by atoms with Gasteiger partial charge in [-0.15, -0.1) is 0 Å². The molecule has 15 heavy (non-hydrogen) atoms. The molecular weight excluding hydrogens is 261 g/mol. The Balaban J connectivity index is 2.45. The minimum atomic E-state index is -0.584. The molecule has 0 saturated heterocycles. The number of rotatable bonds is 2. The van der Waals surface area contributed by atoms with E-state index in [0.717, 1.165) is 24.8 Å². The van der Waals surface area contributed by atoms with E-state index in [1.54, 1.807) is 6.07 Å². The van der Waals surface area contributed by atoms with E-state index in [-0.39, 0.29) is 11.2 Å². The lowest BCUT2D eigenvalue weighted by molar-refractivity contribution is 0.251. The summed E-state index contributed by atoms with van der Waals surface area (Å²) in [5, 5.41) is 9.31. The summed E-state index contributed by atoms with van der Waals surface area (Å²) in [6.45, 7) is 0.531. The fourth-order valence-electron chi connectivity index (χ4n) is 2.09. The normalized spacial score (nSPS) is 18.6. The van der Waals surface area contributed by atoms with Gasteiger partial charge in [-0.1, -0.05) is 6.42 Å². The summed E-state index contributed by atoms with van der Waals surface area (Å²) in [5.41, 5.74) is 6.55. The topological polar surface area (TPSA) is 46.2 Å². The molecule has 1 saturated carbocycles. The fourth-order valence-corrected chi connectivity index (χ4v) is 2.52. The maximum Gasteiger partial charge on any atom is 0.166 e. The first-order valence-corrected chi connectivity index (χ1v) is 5.77. The Morgan fingerprint density at radius 3 is 2.53 bits per heavy atom. The van der Waals surface area contributed by atoms with Gasteiger partial charge in [-0.25, -0.2) is 4.39 Å². The summed E-state index contributed by atoms with van der Waals surface area (Å²) in [4.78, 5) is 0. The maximum atomic E-state index is 13.3. The zero-order valence-electron chi connectivity index (χ0n) is 8.26. The van der Waals surface area contributed by atoms with Crippen LogP contribution in [0.2, 0.25) is 0 Å². The van der Waals surface area contributed by atoms with Crippen molar-refractivity contribution in [1.29, 1.82) is 0 Å². The molecule has 0 heterocycles. The third-order valence-corrected chi connectivity index (χ3v) is 3.94. The molecule has 4 heteroatoms. The standard InChI is InChI=1S/C11H13BrFNO/c12-8-4-7(5-9(13)10(8)15)11(6-14)2-1-3-11/h4-5,15H,1-3,6,14H2.